The lowest BCUT2D eigenvalue weighted by Gasteiger charge is -2.38. The zero-order valence-corrected chi connectivity index (χ0v) is 10.3. The average molecular weight is 244 g/mol. The number of carbonyl (C=O) groups is 2. The number of carboxylic acids is 1. The summed E-state index contributed by atoms with van der Waals surface area (Å²) in [4.78, 5) is 23.9. The highest BCUT2D eigenvalue weighted by Crippen LogP contribution is 2.14. The molecule has 1 rings (SSSR count). The zero-order chi connectivity index (χ0) is 12.8. The van der Waals surface area contributed by atoms with Crippen molar-refractivity contribution in [3.05, 3.63) is 0 Å². The molecule has 6 nitrogen and oxygen atoms in total. The minimum Gasteiger partial charge on any atom is -0.481 e. The fraction of sp³-hybridized carbons (Fsp3) is 0.818. The predicted octanol–water partition coefficient (Wildman–Crippen LogP) is 0.670. The van der Waals surface area contributed by atoms with E-state index in [4.69, 9.17) is 9.84 Å². The molecule has 0 aliphatic carbocycles. The van der Waals surface area contributed by atoms with Gasteiger partial charge in [-0.2, -0.15) is 0 Å². The van der Waals surface area contributed by atoms with Gasteiger partial charge in [-0.1, -0.05) is 6.92 Å². The molecule has 1 fully saturated rings. The Balaban J connectivity index is 2.44. The van der Waals surface area contributed by atoms with Crippen LogP contribution in [-0.4, -0.2) is 53.8 Å². The summed E-state index contributed by atoms with van der Waals surface area (Å²) in [7, 11) is 0. The number of carbonyl (C=O) groups excluding carboxylic acids is 1. The Morgan fingerprint density at radius 3 is 2.82 bits per heavy atom. The van der Waals surface area contributed by atoms with Crippen molar-refractivity contribution in [1.82, 2.24) is 10.2 Å². The van der Waals surface area contributed by atoms with Crippen LogP contribution in [0.15, 0.2) is 0 Å². The molecule has 1 aliphatic heterocycles. The van der Waals surface area contributed by atoms with E-state index in [-0.39, 0.29) is 31.1 Å². The molecule has 1 saturated heterocycles. The number of carboxylic acid groups (broad SMARTS) is 1. The van der Waals surface area contributed by atoms with Gasteiger partial charge in [-0.05, 0) is 13.3 Å². The molecule has 2 atom stereocenters. The highest BCUT2D eigenvalue weighted by molar-refractivity contribution is 5.75. The highest BCUT2D eigenvalue weighted by Gasteiger charge is 2.29. The summed E-state index contributed by atoms with van der Waals surface area (Å²) in [6, 6.07) is -0.121. The number of urea groups is 1. The SMILES string of the molecule is CCC1COC(C)CN1C(=O)NCCC(=O)O. The molecular weight excluding hydrogens is 224 g/mol. The Hall–Kier alpha value is -1.30. The number of amides is 2. The molecule has 98 valence electrons. The van der Waals surface area contributed by atoms with Crippen LogP contribution < -0.4 is 5.32 Å². The molecular formula is C11H20N2O4. The third-order valence-electron chi connectivity index (χ3n) is 2.81. The molecule has 2 N–H and O–H groups in total. The van der Waals surface area contributed by atoms with Crippen LogP contribution in [0, 0.1) is 0 Å². The summed E-state index contributed by atoms with van der Waals surface area (Å²) in [5, 5.41) is 11.1. The largest absolute Gasteiger partial charge is 0.481 e. The predicted molar refractivity (Wildman–Crippen MR) is 61.9 cm³/mol. The van der Waals surface area contributed by atoms with Crippen LogP contribution >= 0.6 is 0 Å². The van der Waals surface area contributed by atoms with Gasteiger partial charge in [0.2, 0.25) is 0 Å². The topological polar surface area (TPSA) is 78.9 Å². The van der Waals surface area contributed by atoms with E-state index in [0.717, 1.165) is 6.42 Å². The molecule has 2 amide bonds. The third kappa shape index (κ3) is 4.22. The fourth-order valence-corrected chi connectivity index (χ4v) is 1.81. The molecule has 2 unspecified atom stereocenters. The van der Waals surface area contributed by atoms with Crippen molar-refractivity contribution in [1.29, 1.82) is 0 Å². The Kier molecular flexibility index (Phi) is 5.21. The van der Waals surface area contributed by atoms with Crippen molar-refractivity contribution in [3.8, 4) is 0 Å². The van der Waals surface area contributed by atoms with Crippen LogP contribution in [0.4, 0.5) is 4.79 Å². The first-order chi connectivity index (χ1) is 8.04. The zero-order valence-electron chi connectivity index (χ0n) is 10.3. The quantitative estimate of drug-likeness (QED) is 0.762. The van der Waals surface area contributed by atoms with Gasteiger partial charge >= 0.3 is 12.0 Å². The number of hydrogen-bond acceptors (Lipinski definition) is 3. The standard InChI is InChI=1S/C11H20N2O4/c1-3-9-7-17-8(2)6-13(9)11(16)12-5-4-10(14)15/h8-9H,3-7H2,1-2H3,(H,12,16)(H,14,15). The lowest BCUT2D eigenvalue weighted by Crippen LogP contribution is -2.54. The molecule has 1 heterocycles. The molecule has 0 aromatic carbocycles. The van der Waals surface area contributed by atoms with Crippen molar-refractivity contribution < 1.29 is 19.4 Å². The summed E-state index contributed by atoms with van der Waals surface area (Å²) in [5.41, 5.74) is 0. The molecule has 0 aromatic rings. The van der Waals surface area contributed by atoms with Crippen LogP contribution in [0.3, 0.4) is 0 Å². The Bertz CT molecular complexity index is 283. The molecule has 0 spiro atoms. The number of nitrogens with zero attached hydrogens (tertiary/aromatic N) is 1. The van der Waals surface area contributed by atoms with E-state index < -0.39 is 5.97 Å². The van der Waals surface area contributed by atoms with Crippen molar-refractivity contribution in [2.45, 2.75) is 38.8 Å². The first-order valence-corrected chi connectivity index (χ1v) is 5.92. The summed E-state index contributed by atoms with van der Waals surface area (Å²) in [6.45, 7) is 5.18. The number of morpholine rings is 1. The second-order valence-corrected chi connectivity index (χ2v) is 4.23. The van der Waals surface area contributed by atoms with E-state index in [0.29, 0.717) is 13.2 Å². The van der Waals surface area contributed by atoms with Gasteiger partial charge < -0.3 is 20.1 Å². The van der Waals surface area contributed by atoms with Crippen molar-refractivity contribution >= 4 is 12.0 Å². The van der Waals surface area contributed by atoms with Crippen molar-refractivity contribution in [3.63, 3.8) is 0 Å². The van der Waals surface area contributed by atoms with Crippen LogP contribution in [-0.2, 0) is 9.53 Å². The maximum Gasteiger partial charge on any atom is 0.317 e. The van der Waals surface area contributed by atoms with Crippen LogP contribution in [0.1, 0.15) is 26.7 Å². The van der Waals surface area contributed by atoms with Gasteiger partial charge in [0.1, 0.15) is 0 Å². The molecule has 0 bridgehead atoms. The third-order valence-corrected chi connectivity index (χ3v) is 2.81. The van der Waals surface area contributed by atoms with Crippen molar-refractivity contribution in [2.24, 2.45) is 0 Å². The summed E-state index contributed by atoms with van der Waals surface area (Å²) in [5.74, 6) is -0.910. The molecule has 6 heteroatoms. The second-order valence-electron chi connectivity index (χ2n) is 4.23. The van der Waals surface area contributed by atoms with Crippen LogP contribution in [0.5, 0.6) is 0 Å². The second kappa shape index (κ2) is 6.44. The van der Waals surface area contributed by atoms with E-state index in [9.17, 15) is 9.59 Å². The van der Waals surface area contributed by atoms with E-state index in [1.165, 1.54) is 0 Å². The molecule has 17 heavy (non-hydrogen) atoms. The lowest BCUT2D eigenvalue weighted by molar-refractivity contribution is -0.136. The minimum absolute atomic E-state index is 0.0306. The first-order valence-electron chi connectivity index (χ1n) is 5.92. The molecule has 0 saturated carbocycles. The molecule has 0 radical (unpaired) electrons. The van der Waals surface area contributed by atoms with Gasteiger partial charge in [-0.15, -0.1) is 0 Å². The van der Waals surface area contributed by atoms with E-state index in [1.54, 1.807) is 4.90 Å². The van der Waals surface area contributed by atoms with Crippen LogP contribution in [0.2, 0.25) is 0 Å². The summed E-state index contributed by atoms with van der Waals surface area (Å²) < 4.78 is 5.49. The highest BCUT2D eigenvalue weighted by atomic mass is 16.5. The summed E-state index contributed by atoms with van der Waals surface area (Å²) in [6.07, 6.45) is 0.810. The molecule has 0 aromatic heterocycles. The normalized spacial score (nSPS) is 24.5. The van der Waals surface area contributed by atoms with E-state index in [1.807, 2.05) is 13.8 Å². The van der Waals surface area contributed by atoms with Gasteiger partial charge in [0.05, 0.1) is 25.2 Å². The summed E-state index contributed by atoms with van der Waals surface area (Å²) >= 11 is 0. The Morgan fingerprint density at radius 1 is 1.53 bits per heavy atom. The number of aliphatic carboxylic acids is 1. The number of nitrogens with one attached hydrogen (secondary N) is 1. The van der Waals surface area contributed by atoms with Crippen molar-refractivity contribution in [2.75, 3.05) is 19.7 Å². The average Bonchev–Trinajstić information content (AvgIpc) is 2.28. The first kappa shape index (κ1) is 13.8. The maximum absolute atomic E-state index is 11.9. The van der Waals surface area contributed by atoms with Gasteiger partial charge in [-0.3, -0.25) is 4.79 Å². The van der Waals surface area contributed by atoms with Gasteiger partial charge in [0.15, 0.2) is 0 Å². The van der Waals surface area contributed by atoms with Gasteiger partial charge in [0.25, 0.3) is 0 Å². The Labute approximate surface area is 101 Å². The van der Waals surface area contributed by atoms with Crippen LogP contribution in [0.25, 0.3) is 0 Å². The number of hydrogen-bond donors (Lipinski definition) is 2. The smallest absolute Gasteiger partial charge is 0.317 e. The minimum atomic E-state index is -0.910. The maximum atomic E-state index is 11.9. The number of ether oxygens (including phenoxy) is 1. The lowest BCUT2D eigenvalue weighted by atomic mass is 10.1. The Morgan fingerprint density at radius 2 is 2.24 bits per heavy atom. The van der Waals surface area contributed by atoms with Gasteiger partial charge in [0, 0.05) is 13.1 Å². The molecule has 1 aliphatic rings. The van der Waals surface area contributed by atoms with E-state index in [2.05, 4.69) is 5.32 Å². The number of rotatable bonds is 4. The van der Waals surface area contributed by atoms with E-state index >= 15 is 0 Å². The van der Waals surface area contributed by atoms with Gasteiger partial charge in [-0.25, -0.2) is 4.79 Å². The monoisotopic (exact) mass is 244 g/mol. The fourth-order valence-electron chi connectivity index (χ4n) is 1.81.